The number of carbonyl (C=O) groups excluding carboxylic acids is 2. The molecule has 43 heavy (non-hydrogen) atoms. The van der Waals surface area contributed by atoms with Crippen molar-refractivity contribution in [2.24, 2.45) is 0 Å². The summed E-state index contributed by atoms with van der Waals surface area (Å²) in [7, 11) is 0. The third-order valence-corrected chi connectivity index (χ3v) is 7.28. The molecule has 0 bridgehead atoms. The highest BCUT2D eigenvalue weighted by Gasteiger charge is 2.31. The van der Waals surface area contributed by atoms with Crippen LogP contribution in [-0.2, 0) is 11.0 Å². The molecule has 0 aliphatic carbocycles. The molecule has 5 heterocycles. The number of imidazole rings is 1. The van der Waals surface area contributed by atoms with Gasteiger partial charge in [-0.05, 0) is 36.8 Å². The molecular formula is C27H20F3N9O3S. The fourth-order valence-corrected chi connectivity index (χ4v) is 5.14. The van der Waals surface area contributed by atoms with Crippen LogP contribution in [-0.4, -0.2) is 48.0 Å². The number of ether oxygens (including phenoxy) is 1. The first-order valence-electron chi connectivity index (χ1n) is 12.7. The molecule has 0 saturated carbocycles. The van der Waals surface area contributed by atoms with E-state index in [2.05, 4.69) is 35.6 Å². The number of nitrogens with zero attached hydrogens (tertiary/aromatic N) is 7. The first-order valence-corrected chi connectivity index (χ1v) is 13.5. The molecule has 1 saturated heterocycles. The van der Waals surface area contributed by atoms with E-state index in [-0.39, 0.29) is 29.0 Å². The predicted octanol–water partition coefficient (Wildman–Crippen LogP) is 5.76. The van der Waals surface area contributed by atoms with Gasteiger partial charge >= 0.3 is 18.2 Å². The smallest absolute Gasteiger partial charge is 0.416 e. The normalized spacial score (nSPS) is 13.3. The van der Waals surface area contributed by atoms with Crippen LogP contribution in [0.15, 0.2) is 73.8 Å². The molecule has 2 N–H and O–H groups in total. The van der Waals surface area contributed by atoms with Crippen LogP contribution in [0.25, 0.3) is 16.3 Å². The molecule has 1 fully saturated rings. The number of anilines is 3. The van der Waals surface area contributed by atoms with Crippen LogP contribution in [0.1, 0.15) is 18.4 Å². The van der Waals surface area contributed by atoms with Gasteiger partial charge in [0.15, 0.2) is 5.13 Å². The van der Waals surface area contributed by atoms with E-state index >= 15 is 0 Å². The molecule has 4 aromatic heterocycles. The number of rotatable bonds is 7. The predicted molar refractivity (Wildman–Crippen MR) is 150 cm³/mol. The van der Waals surface area contributed by atoms with Gasteiger partial charge in [0.2, 0.25) is 5.91 Å². The third kappa shape index (κ3) is 6.28. The van der Waals surface area contributed by atoms with Crippen LogP contribution in [0.4, 0.5) is 34.5 Å². The van der Waals surface area contributed by atoms with Crippen molar-refractivity contribution in [2.75, 3.05) is 22.1 Å². The molecule has 218 valence electrons. The zero-order valence-corrected chi connectivity index (χ0v) is 22.8. The Balaban J connectivity index is 1.08. The van der Waals surface area contributed by atoms with Gasteiger partial charge in [-0.1, -0.05) is 11.3 Å². The van der Waals surface area contributed by atoms with E-state index in [9.17, 15) is 22.8 Å². The van der Waals surface area contributed by atoms with E-state index in [1.54, 1.807) is 23.2 Å². The molecule has 5 aromatic rings. The number of carbonyl (C=O) groups is 2. The minimum Gasteiger partial charge on any atom is -0.423 e. The summed E-state index contributed by atoms with van der Waals surface area (Å²) in [5.41, 5.74) is 0.117. The molecule has 1 aromatic carbocycles. The molecule has 0 radical (unpaired) electrons. The van der Waals surface area contributed by atoms with E-state index in [1.807, 2.05) is 0 Å². The van der Waals surface area contributed by atoms with Crippen molar-refractivity contribution in [1.29, 1.82) is 0 Å². The van der Waals surface area contributed by atoms with Gasteiger partial charge in [-0.15, -0.1) is 0 Å². The van der Waals surface area contributed by atoms with E-state index in [1.165, 1.54) is 59.3 Å². The Morgan fingerprint density at radius 3 is 2.51 bits per heavy atom. The monoisotopic (exact) mass is 607 g/mol. The van der Waals surface area contributed by atoms with Crippen molar-refractivity contribution >= 4 is 39.8 Å². The molecule has 16 heteroatoms. The number of pyridine rings is 1. The molecule has 3 amide bonds. The van der Waals surface area contributed by atoms with Crippen molar-refractivity contribution in [1.82, 2.24) is 29.5 Å². The zero-order chi connectivity index (χ0) is 30.0. The summed E-state index contributed by atoms with van der Waals surface area (Å²) in [6.07, 6.45) is 6.87. The van der Waals surface area contributed by atoms with E-state index in [0.29, 0.717) is 29.5 Å². The maximum absolute atomic E-state index is 13.3. The van der Waals surface area contributed by atoms with Gasteiger partial charge in [0.25, 0.3) is 0 Å². The molecule has 1 aliphatic rings. The van der Waals surface area contributed by atoms with Crippen molar-refractivity contribution < 1.29 is 27.5 Å². The van der Waals surface area contributed by atoms with Crippen LogP contribution < -0.4 is 20.3 Å². The Kier molecular flexibility index (Phi) is 7.41. The second kappa shape index (κ2) is 11.5. The molecule has 0 spiro atoms. The Hall–Kier alpha value is -5.38. The third-order valence-electron chi connectivity index (χ3n) is 6.24. The zero-order valence-electron chi connectivity index (χ0n) is 21.9. The Morgan fingerprint density at radius 2 is 1.84 bits per heavy atom. The lowest BCUT2D eigenvalue weighted by Crippen LogP contribution is -2.23. The van der Waals surface area contributed by atoms with Crippen LogP contribution in [0.2, 0.25) is 0 Å². The molecule has 0 atom stereocenters. The summed E-state index contributed by atoms with van der Waals surface area (Å²) in [5, 5.41) is 5.56. The fraction of sp³-hybridized carbons (Fsp3) is 0.148. The number of aromatic nitrogens is 6. The largest absolute Gasteiger partial charge is 0.423 e. The van der Waals surface area contributed by atoms with Gasteiger partial charge in [-0.3, -0.25) is 14.7 Å². The standard InChI is InChI=1S/C27H20F3N9O3S/c28-27(29,30)16-3-6-21(38-9-7-31-15-38)20(10-16)37-24(41)36-17-11-33-25(34-12-17)42-18-4-5-19(32-13-18)22-14-35-26(43-22)39-8-1-2-23(39)40/h3-7,9-15H,1-2,8H2,(H2,36,37,41). The van der Waals surface area contributed by atoms with Crippen LogP contribution in [0.5, 0.6) is 11.8 Å². The number of amides is 3. The Labute approximate surface area is 245 Å². The average molecular weight is 608 g/mol. The summed E-state index contributed by atoms with van der Waals surface area (Å²) in [5.74, 6) is 0.424. The maximum atomic E-state index is 13.3. The summed E-state index contributed by atoms with van der Waals surface area (Å²) >= 11 is 1.38. The Bertz CT molecular complexity index is 1760. The minimum atomic E-state index is -4.60. The summed E-state index contributed by atoms with van der Waals surface area (Å²) in [6, 6.07) is 5.59. The number of halogens is 3. The molecule has 0 unspecified atom stereocenters. The van der Waals surface area contributed by atoms with E-state index in [0.717, 1.165) is 23.4 Å². The lowest BCUT2D eigenvalue weighted by atomic mass is 10.1. The first kappa shape index (κ1) is 27.8. The number of urea groups is 1. The van der Waals surface area contributed by atoms with Gasteiger partial charge in [0, 0.05) is 31.6 Å². The van der Waals surface area contributed by atoms with Crippen LogP contribution in [0.3, 0.4) is 0 Å². The van der Waals surface area contributed by atoms with Crippen molar-refractivity contribution in [3.8, 4) is 28.0 Å². The lowest BCUT2D eigenvalue weighted by molar-refractivity contribution is -0.137. The summed E-state index contributed by atoms with van der Waals surface area (Å²) < 4.78 is 47.0. The highest BCUT2D eigenvalue weighted by molar-refractivity contribution is 7.19. The number of hydrogen-bond donors (Lipinski definition) is 2. The average Bonchev–Trinajstić information content (AvgIpc) is 3.77. The quantitative estimate of drug-likeness (QED) is 0.238. The number of nitrogens with one attached hydrogen (secondary N) is 2. The molecule has 6 rings (SSSR count). The van der Waals surface area contributed by atoms with Gasteiger partial charge in [0.05, 0.1) is 58.1 Å². The minimum absolute atomic E-state index is 0.0200. The second-order valence-corrected chi connectivity index (χ2v) is 10.2. The van der Waals surface area contributed by atoms with E-state index < -0.39 is 17.8 Å². The van der Waals surface area contributed by atoms with Gasteiger partial charge in [-0.25, -0.2) is 24.7 Å². The van der Waals surface area contributed by atoms with E-state index in [4.69, 9.17) is 4.74 Å². The summed E-state index contributed by atoms with van der Waals surface area (Å²) in [6.45, 7) is 0.661. The first-order chi connectivity index (χ1) is 20.7. The van der Waals surface area contributed by atoms with Crippen molar-refractivity contribution in [3.63, 3.8) is 0 Å². The topological polar surface area (TPSA) is 140 Å². The van der Waals surface area contributed by atoms with Gasteiger partial charge < -0.3 is 19.9 Å². The molecular weight excluding hydrogens is 587 g/mol. The Morgan fingerprint density at radius 1 is 1.00 bits per heavy atom. The fourth-order valence-electron chi connectivity index (χ4n) is 4.21. The van der Waals surface area contributed by atoms with Gasteiger partial charge in [-0.2, -0.15) is 13.2 Å². The van der Waals surface area contributed by atoms with Crippen LogP contribution >= 0.6 is 11.3 Å². The highest BCUT2D eigenvalue weighted by Crippen LogP contribution is 2.34. The number of thiazole rings is 1. The maximum Gasteiger partial charge on any atom is 0.416 e. The lowest BCUT2D eigenvalue weighted by Gasteiger charge is -2.15. The highest BCUT2D eigenvalue weighted by atomic mass is 32.1. The van der Waals surface area contributed by atoms with Crippen molar-refractivity contribution in [3.05, 3.63) is 79.4 Å². The number of benzene rings is 1. The second-order valence-electron chi connectivity index (χ2n) is 9.17. The van der Waals surface area contributed by atoms with Gasteiger partial charge in [0.1, 0.15) is 5.75 Å². The van der Waals surface area contributed by atoms with Crippen LogP contribution in [0, 0.1) is 0 Å². The summed E-state index contributed by atoms with van der Waals surface area (Å²) in [4.78, 5) is 47.8. The number of hydrogen-bond acceptors (Lipinski definition) is 9. The molecule has 12 nitrogen and oxygen atoms in total. The molecule has 1 aliphatic heterocycles. The van der Waals surface area contributed by atoms with Crippen molar-refractivity contribution in [2.45, 2.75) is 19.0 Å². The SMILES string of the molecule is O=C(Nc1cnc(Oc2ccc(-c3cnc(N4CCCC4=O)s3)nc2)nc1)Nc1cc(C(F)(F)F)ccc1-n1ccnc1. The number of alkyl halides is 3.